The molecule has 1 aliphatic heterocycles. The van der Waals surface area contributed by atoms with Crippen LogP contribution >= 0.6 is 0 Å². The number of fused-ring (bicyclic) bond motifs is 1. The molecule has 7 nitrogen and oxygen atoms in total. The van der Waals surface area contributed by atoms with Crippen LogP contribution in [0.25, 0.3) is 0 Å². The molecular weight excluding hydrogens is 256 g/mol. The summed E-state index contributed by atoms with van der Waals surface area (Å²) in [6, 6.07) is 0. The number of carbonyl (C=O) groups is 3. The SMILES string of the molecule is COC(=O)OC1C2CC3C1OC(=O)C3C2C(=O)OC. The van der Waals surface area contributed by atoms with E-state index in [1.165, 1.54) is 14.2 Å². The van der Waals surface area contributed by atoms with Crippen LogP contribution in [0.15, 0.2) is 0 Å². The van der Waals surface area contributed by atoms with Gasteiger partial charge in [0.25, 0.3) is 0 Å². The van der Waals surface area contributed by atoms with E-state index in [0.29, 0.717) is 6.42 Å². The van der Waals surface area contributed by atoms with Gasteiger partial charge in [0.15, 0.2) is 0 Å². The monoisotopic (exact) mass is 270 g/mol. The predicted octanol–water partition coefficient (Wildman–Crippen LogP) is 0.118. The molecule has 0 amide bonds. The van der Waals surface area contributed by atoms with E-state index < -0.39 is 42.1 Å². The Morgan fingerprint density at radius 3 is 2.58 bits per heavy atom. The second-order valence-corrected chi connectivity index (χ2v) is 5.08. The number of carbonyl (C=O) groups excluding carboxylic acids is 3. The number of hydrogen-bond acceptors (Lipinski definition) is 7. The molecule has 3 rings (SSSR count). The molecule has 0 spiro atoms. The fraction of sp³-hybridized carbons (Fsp3) is 0.750. The summed E-state index contributed by atoms with van der Waals surface area (Å²) in [7, 11) is 2.49. The quantitative estimate of drug-likeness (QED) is 0.520. The first-order valence-corrected chi connectivity index (χ1v) is 6.11. The maximum absolute atomic E-state index is 11.8. The van der Waals surface area contributed by atoms with Crippen molar-refractivity contribution in [2.45, 2.75) is 18.6 Å². The lowest BCUT2D eigenvalue weighted by molar-refractivity contribution is -0.153. The van der Waals surface area contributed by atoms with Crippen molar-refractivity contribution < 1.29 is 33.3 Å². The van der Waals surface area contributed by atoms with Gasteiger partial charge in [0.2, 0.25) is 0 Å². The molecule has 6 unspecified atom stereocenters. The van der Waals surface area contributed by atoms with Crippen LogP contribution in [0, 0.1) is 23.7 Å². The number of esters is 2. The number of ether oxygens (including phenoxy) is 4. The third-order valence-corrected chi connectivity index (χ3v) is 4.42. The van der Waals surface area contributed by atoms with Crippen molar-refractivity contribution in [2.75, 3.05) is 14.2 Å². The molecular formula is C12H14O7. The first kappa shape index (κ1) is 12.3. The first-order chi connectivity index (χ1) is 9.08. The van der Waals surface area contributed by atoms with Crippen LogP contribution in [-0.4, -0.2) is 44.5 Å². The molecule has 0 aromatic heterocycles. The highest BCUT2D eigenvalue weighted by Gasteiger charge is 2.70. The van der Waals surface area contributed by atoms with Crippen LogP contribution in [0.5, 0.6) is 0 Å². The average Bonchev–Trinajstić information content (AvgIpc) is 3.00. The minimum atomic E-state index is -0.833. The molecule has 0 aromatic rings. The summed E-state index contributed by atoms with van der Waals surface area (Å²) in [5.41, 5.74) is 0. The highest BCUT2D eigenvalue weighted by molar-refractivity contribution is 5.86. The van der Waals surface area contributed by atoms with Crippen molar-refractivity contribution in [1.29, 1.82) is 0 Å². The molecule has 1 saturated heterocycles. The van der Waals surface area contributed by atoms with Crippen molar-refractivity contribution in [3.8, 4) is 0 Å². The summed E-state index contributed by atoms with van der Waals surface area (Å²) >= 11 is 0. The normalized spacial score (nSPS) is 41.9. The van der Waals surface area contributed by atoms with E-state index in [1.807, 2.05) is 0 Å². The molecule has 0 aromatic carbocycles. The van der Waals surface area contributed by atoms with E-state index in [1.54, 1.807) is 0 Å². The Hall–Kier alpha value is -1.79. The average molecular weight is 270 g/mol. The Bertz CT molecular complexity index is 445. The summed E-state index contributed by atoms with van der Waals surface area (Å²) < 4.78 is 19.6. The molecule has 3 aliphatic rings. The minimum Gasteiger partial charge on any atom is -0.469 e. The fourth-order valence-corrected chi connectivity index (χ4v) is 3.76. The van der Waals surface area contributed by atoms with E-state index in [4.69, 9.17) is 14.2 Å². The van der Waals surface area contributed by atoms with Gasteiger partial charge in [0.05, 0.1) is 26.1 Å². The number of hydrogen-bond donors (Lipinski definition) is 0. The van der Waals surface area contributed by atoms with Gasteiger partial charge < -0.3 is 18.9 Å². The van der Waals surface area contributed by atoms with Gasteiger partial charge in [-0.05, 0) is 6.42 Å². The summed E-state index contributed by atoms with van der Waals surface area (Å²) in [4.78, 5) is 34.9. The van der Waals surface area contributed by atoms with E-state index >= 15 is 0 Å². The van der Waals surface area contributed by atoms with E-state index in [0.717, 1.165) is 0 Å². The zero-order chi connectivity index (χ0) is 13.7. The van der Waals surface area contributed by atoms with Crippen molar-refractivity contribution in [3.05, 3.63) is 0 Å². The second-order valence-electron chi connectivity index (χ2n) is 5.08. The standard InChI is InChI=1S/C12H14O7/c1-16-10(13)6-4-3-5-7(6)11(14)18-8(5)9(4)19-12(15)17-2/h4-9H,3H2,1-2H3. The Balaban J connectivity index is 1.88. The van der Waals surface area contributed by atoms with Gasteiger partial charge in [-0.25, -0.2) is 4.79 Å². The van der Waals surface area contributed by atoms with Crippen molar-refractivity contribution in [1.82, 2.24) is 0 Å². The van der Waals surface area contributed by atoms with Gasteiger partial charge in [-0.1, -0.05) is 0 Å². The number of methoxy groups -OCH3 is 2. The molecule has 6 atom stereocenters. The Labute approximate surface area is 109 Å². The fourth-order valence-electron chi connectivity index (χ4n) is 3.76. The summed E-state index contributed by atoms with van der Waals surface area (Å²) in [6.45, 7) is 0. The lowest BCUT2D eigenvalue weighted by atomic mass is 9.78. The zero-order valence-electron chi connectivity index (χ0n) is 10.5. The predicted molar refractivity (Wildman–Crippen MR) is 57.8 cm³/mol. The zero-order valence-corrected chi connectivity index (χ0v) is 10.5. The third-order valence-electron chi connectivity index (χ3n) is 4.42. The molecule has 2 bridgehead atoms. The van der Waals surface area contributed by atoms with Gasteiger partial charge in [-0.2, -0.15) is 0 Å². The maximum Gasteiger partial charge on any atom is 0.508 e. The Morgan fingerprint density at radius 2 is 1.95 bits per heavy atom. The molecule has 0 N–H and O–H groups in total. The van der Waals surface area contributed by atoms with Gasteiger partial charge >= 0.3 is 18.1 Å². The van der Waals surface area contributed by atoms with Crippen LogP contribution in [0.4, 0.5) is 4.79 Å². The van der Waals surface area contributed by atoms with Gasteiger partial charge in [-0.15, -0.1) is 0 Å². The molecule has 2 aliphatic carbocycles. The molecule has 19 heavy (non-hydrogen) atoms. The Morgan fingerprint density at radius 1 is 1.21 bits per heavy atom. The highest BCUT2D eigenvalue weighted by atomic mass is 16.7. The molecule has 2 saturated carbocycles. The first-order valence-electron chi connectivity index (χ1n) is 6.11. The summed E-state index contributed by atoms with van der Waals surface area (Å²) in [6.07, 6.45) is -1.28. The van der Waals surface area contributed by atoms with Crippen molar-refractivity contribution in [2.24, 2.45) is 23.7 Å². The van der Waals surface area contributed by atoms with Crippen molar-refractivity contribution >= 4 is 18.1 Å². The lowest BCUT2D eigenvalue weighted by Crippen LogP contribution is -2.43. The van der Waals surface area contributed by atoms with Crippen LogP contribution in [0.2, 0.25) is 0 Å². The van der Waals surface area contributed by atoms with Gasteiger partial charge in [0, 0.05) is 11.8 Å². The lowest BCUT2D eigenvalue weighted by Gasteiger charge is -2.29. The van der Waals surface area contributed by atoms with E-state index in [2.05, 4.69) is 4.74 Å². The smallest absolute Gasteiger partial charge is 0.469 e. The van der Waals surface area contributed by atoms with Crippen LogP contribution in [-0.2, 0) is 28.5 Å². The Kier molecular flexibility index (Phi) is 2.65. The largest absolute Gasteiger partial charge is 0.508 e. The van der Waals surface area contributed by atoms with Crippen molar-refractivity contribution in [3.63, 3.8) is 0 Å². The molecule has 0 radical (unpaired) electrons. The molecule has 7 heteroatoms. The highest BCUT2D eigenvalue weighted by Crippen LogP contribution is 2.58. The number of rotatable bonds is 2. The topological polar surface area (TPSA) is 88.1 Å². The van der Waals surface area contributed by atoms with Gasteiger partial charge in [-0.3, -0.25) is 9.59 Å². The second kappa shape index (κ2) is 4.11. The van der Waals surface area contributed by atoms with E-state index in [-0.39, 0.29) is 11.8 Å². The maximum atomic E-state index is 11.8. The van der Waals surface area contributed by atoms with Gasteiger partial charge in [0.1, 0.15) is 12.2 Å². The summed E-state index contributed by atoms with van der Waals surface area (Å²) in [5.74, 6) is -2.21. The summed E-state index contributed by atoms with van der Waals surface area (Å²) in [5, 5.41) is 0. The van der Waals surface area contributed by atoms with Crippen LogP contribution in [0.3, 0.4) is 0 Å². The molecule has 104 valence electrons. The third kappa shape index (κ3) is 1.53. The van der Waals surface area contributed by atoms with E-state index in [9.17, 15) is 14.4 Å². The molecule has 3 fully saturated rings. The minimum absolute atomic E-state index is 0.0729. The van der Waals surface area contributed by atoms with Crippen LogP contribution < -0.4 is 0 Å². The van der Waals surface area contributed by atoms with Crippen LogP contribution in [0.1, 0.15) is 6.42 Å². The molecule has 1 heterocycles.